The number of aliphatic hydroxyl groups excluding tert-OH is 12. The molecule has 33 nitrogen and oxygen atoms in total. The van der Waals surface area contributed by atoms with Crippen LogP contribution in [-0.4, -0.2) is 348 Å². The minimum Gasteiger partial charge on any atom is -0.394 e. The number of carbonyl (C=O) groups is 3. The van der Waals surface area contributed by atoms with E-state index in [-0.39, 0.29) is 170 Å². The van der Waals surface area contributed by atoms with E-state index in [4.69, 9.17) is 71.1 Å². The second-order valence-electron chi connectivity index (χ2n) is 18.8. The topological polar surface area (TPSA) is 469 Å². The Morgan fingerprint density at radius 1 is 0.370 bits per heavy atom. The normalized spacial score (nSPS) is 29.5. The van der Waals surface area contributed by atoms with Gasteiger partial charge in [-0.15, -0.1) is 0 Å². The van der Waals surface area contributed by atoms with Crippen molar-refractivity contribution >= 4 is 17.7 Å². The van der Waals surface area contributed by atoms with Crippen LogP contribution < -0.4 is 16.0 Å². The minimum atomic E-state index is -1.56. The molecule has 3 amide bonds. The van der Waals surface area contributed by atoms with Gasteiger partial charge in [-0.2, -0.15) is 0 Å². The van der Waals surface area contributed by atoms with Gasteiger partial charge in [-0.25, -0.2) is 0 Å². The number of rotatable bonds is 46. The smallest absolute Gasteiger partial charge is 0.246 e. The number of nitrogens with one attached hydrogen (secondary N) is 3. The fraction of sp³-hybridized carbons (Fsp3) is 0.938. The predicted molar refractivity (Wildman–Crippen MR) is 268 cm³/mol. The van der Waals surface area contributed by atoms with E-state index >= 15 is 0 Å². The Morgan fingerprint density at radius 2 is 0.654 bits per heavy atom. The fourth-order valence-corrected chi connectivity index (χ4v) is 7.54. The Morgan fingerprint density at radius 3 is 0.963 bits per heavy atom. The summed E-state index contributed by atoms with van der Waals surface area (Å²) in [5.41, 5.74) is -1.20. The standard InChI is InChI=1S/C48H89N3O30/c1-48(78-27-35(57)51-6-11-69-14-17-72-20-23-77-47-44(66)41(63)38(60)32(26-54)81-47,28-73-7-2-33(55)49-4-9-67-12-15-70-18-21-75-45-42(64)39(61)36(58)30(24-52)79-45)29-74-8-3-34(56)50-5-10-68-13-16-71-19-22-76-46-43(65)40(62)37(59)31(25-53)80-46/h30-32,36-47,52-54,58-66H,2-29H2,1H3,(H,49,55)(H,50,56)(H,51,57). The molecule has 0 radical (unpaired) electrons. The molecule has 33 heteroatoms. The first-order chi connectivity index (χ1) is 39.0. The maximum atomic E-state index is 12.7. The van der Waals surface area contributed by atoms with Crippen molar-refractivity contribution in [3.63, 3.8) is 0 Å². The van der Waals surface area contributed by atoms with Crippen LogP contribution >= 0.6 is 0 Å². The van der Waals surface area contributed by atoms with E-state index in [9.17, 15) is 75.7 Å². The highest BCUT2D eigenvalue weighted by molar-refractivity contribution is 5.77. The fourth-order valence-electron chi connectivity index (χ4n) is 7.54. The molecular weight excluding hydrogens is 1100 g/mol. The van der Waals surface area contributed by atoms with E-state index < -0.39 is 130 Å². The quantitative estimate of drug-likeness (QED) is 0.0252. The lowest BCUT2D eigenvalue weighted by Gasteiger charge is -2.39. The second-order valence-corrected chi connectivity index (χ2v) is 18.8. The first-order valence-corrected chi connectivity index (χ1v) is 26.8. The van der Waals surface area contributed by atoms with Gasteiger partial charge in [-0.3, -0.25) is 14.4 Å². The molecule has 15 N–H and O–H groups in total. The average molecular weight is 1190 g/mol. The van der Waals surface area contributed by atoms with Crippen LogP contribution in [0.5, 0.6) is 0 Å². The Kier molecular flexibility index (Phi) is 37.8. The minimum absolute atomic E-state index is 0.0141. The summed E-state index contributed by atoms with van der Waals surface area (Å²) in [6.07, 6.45) is -20.8. The van der Waals surface area contributed by atoms with Crippen LogP contribution in [0.3, 0.4) is 0 Å². The average Bonchev–Trinajstić information content (AvgIpc) is 3.47. The molecule has 3 fully saturated rings. The van der Waals surface area contributed by atoms with Gasteiger partial charge >= 0.3 is 0 Å². The molecule has 15 atom stereocenters. The van der Waals surface area contributed by atoms with Gasteiger partial charge in [-0.1, -0.05) is 0 Å². The third kappa shape index (κ3) is 28.4. The molecule has 0 aliphatic carbocycles. The summed E-state index contributed by atoms with van der Waals surface area (Å²) in [5, 5.41) is 125. The molecule has 0 aromatic rings. The van der Waals surface area contributed by atoms with Gasteiger partial charge in [-0.05, 0) is 6.92 Å². The summed E-state index contributed by atoms with van der Waals surface area (Å²) in [6, 6.07) is 0. The van der Waals surface area contributed by atoms with Crippen LogP contribution in [0, 0.1) is 0 Å². The molecule has 3 saturated heterocycles. The van der Waals surface area contributed by atoms with Crippen LogP contribution in [0.4, 0.5) is 0 Å². The van der Waals surface area contributed by atoms with Crippen molar-refractivity contribution in [1.82, 2.24) is 16.0 Å². The van der Waals surface area contributed by atoms with Crippen molar-refractivity contribution in [1.29, 1.82) is 0 Å². The van der Waals surface area contributed by atoms with Gasteiger partial charge in [0.2, 0.25) is 17.7 Å². The SMILES string of the molecule is CC(COCCC(=O)NCCOCCOCCOC1OC(CO)C(O)C(O)C1O)(COCCC(=O)NCCOCCOCCOC1OC(CO)C(O)C(O)C1O)OCC(=O)NCCOCCOCCOC1OC(CO)C(O)C(O)C1O. The third-order valence-electron chi connectivity index (χ3n) is 12.2. The molecule has 3 rings (SSSR count). The van der Waals surface area contributed by atoms with Crippen molar-refractivity contribution in [2.45, 2.75) is 117 Å². The van der Waals surface area contributed by atoms with E-state index in [2.05, 4.69) is 16.0 Å². The summed E-state index contributed by atoms with van der Waals surface area (Å²) in [7, 11) is 0. The summed E-state index contributed by atoms with van der Waals surface area (Å²) in [4.78, 5) is 37.7. The Hall–Kier alpha value is -2.67. The predicted octanol–water partition coefficient (Wildman–Crippen LogP) is -9.53. The van der Waals surface area contributed by atoms with Crippen molar-refractivity contribution in [2.24, 2.45) is 0 Å². The molecule has 3 heterocycles. The Bertz CT molecular complexity index is 1570. The maximum absolute atomic E-state index is 12.7. The summed E-state index contributed by atoms with van der Waals surface area (Å²) >= 11 is 0. The summed E-state index contributed by atoms with van der Waals surface area (Å²) in [6.45, 7) is 1.57. The highest BCUT2D eigenvalue weighted by Gasteiger charge is 2.46. The molecule has 0 saturated carbocycles. The van der Waals surface area contributed by atoms with E-state index in [0.717, 1.165) is 0 Å². The largest absolute Gasteiger partial charge is 0.394 e. The van der Waals surface area contributed by atoms with Gasteiger partial charge in [0.25, 0.3) is 0 Å². The van der Waals surface area contributed by atoms with Gasteiger partial charge in [0.1, 0.15) is 85.5 Å². The van der Waals surface area contributed by atoms with Crippen LogP contribution in [0.2, 0.25) is 0 Å². The van der Waals surface area contributed by atoms with Crippen LogP contribution in [-0.2, 0) is 85.4 Å². The first-order valence-electron chi connectivity index (χ1n) is 26.8. The second kappa shape index (κ2) is 42.2. The Labute approximate surface area is 468 Å². The number of hydrogen-bond donors (Lipinski definition) is 15. The van der Waals surface area contributed by atoms with Gasteiger partial charge in [0, 0.05) is 32.5 Å². The van der Waals surface area contributed by atoms with E-state index in [0.29, 0.717) is 0 Å². The van der Waals surface area contributed by atoms with E-state index in [1.807, 2.05) is 0 Å². The van der Waals surface area contributed by atoms with Crippen LogP contribution in [0.25, 0.3) is 0 Å². The highest BCUT2D eigenvalue weighted by Crippen LogP contribution is 2.24. The monoisotopic (exact) mass is 1190 g/mol. The van der Waals surface area contributed by atoms with Gasteiger partial charge in [0.05, 0.1) is 145 Å². The van der Waals surface area contributed by atoms with Crippen molar-refractivity contribution < 1.29 is 147 Å². The molecule has 3 aliphatic rings. The lowest BCUT2D eigenvalue weighted by atomic mass is 9.99. The number of amides is 3. The van der Waals surface area contributed by atoms with Gasteiger partial charge < -0.3 is 148 Å². The zero-order valence-electron chi connectivity index (χ0n) is 45.7. The zero-order chi connectivity index (χ0) is 59.4. The highest BCUT2D eigenvalue weighted by atomic mass is 16.7. The maximum Gasteiger partial charge on any atom is 0.246 e. The van der Waals surface area contributed by atoms with Crippen LogP contribution in [0.1, 0.15) is 19.8 Å². The Balaban J connectivity index is 1.27. The third-order valence-corrected chi connectivity index (χ3v) is 12.2. The molecule has 0 bridgehead atoms. The molecule has 0 spiro atoms. The van der Waals surface area contributed by atoms with Gasteiger partial charge in [0.15, 0.2) is 18.9 Å². The number of aliphatic hydroxyl groups is 12. The molecule has 15 unspecified atom stereocenters. The molecule has 3 aliphatic heterocycles. The zero-order valence-corrected chi connectivity index (χ0v) is 45.7. The molecular formula is C48H89N3O30. The molecule has 0 aromatic carbocycles. The lowest BCUT2D eigenvalue weighted by molar-refractivity contribution is -0.302. The molecule has 0 aromatic heterocycles. The summed E-state index contributed by atoms with van der Waals surface area (Å²) < 4.78 is 81.9. The molecule has 476 valence electrons. The van der Waals surface area contributed by atoms with Crippen molar-refractivity contribution in [3.8, 4) is 0 Å². The van der Waals surface area contributed by atoms with Crippen molar-refractivity contribution in [3.05, 3.63) is 0 Å². The first kappa shape index (κ1) is 72.6. The van der Waals surface area contributed by atoms with Crippen LogP contribution in [0.15, 0.2) is 0 Å². The van der Waals surface area contributed by atoms with E-state index in [1.165, 1.54) is 0 Å². The summed E-state index contributed by atoms with van der Waals surface area (Å²) in [5.74, 6) is -1.12. The number of carbonyl (C=O) groups excluding carboxylic acids is 3. The number of hydrogen-bond acceptors (Lipinski definition) is 30. The lowest BCUT2D eigenvalue weighted by Crippen LogP contribution is -2.59. The van der Waals surface area contributed by atoms with E-state index in [1.54, 1.807) is 6.92 Å². The molecule has 81 heavy (non-hydrogen) atoms. The number of ether oxygens (including phenoxy) is 15. The van der Waals surface area contributed by atoms with Crippen molar-refractivity contribution in [2.75, 3.05) is 172 Å².